The highest BCUT2D eigenvalue weighted by Gasteiger charge is 2.18. The Labute approximate surface area is 120 Å². The number of rotatable bonds is 6. The molecule has 0 heterocycles. The maximum absolute atomic E-state index is 11.8. The lowest BCUT2D eigenvalue weighted by atomic mass is 10.00. The summed E-state index contributed by atoms with van der Waals surface area (Å²) in [4.78, 5) is 23.5. The SMILES string of the molecule is CCC1=C(NC(=O)CNC(=O)C(N)C(C)C)C=CCC1. The molecule has 2 amide bonds. The second-order valence-electron chi connectivity index (χ2n) is 5.35. The van der Waals surface area contributed by atoms with Crippen molar-refractivity contribution in [2.45, 2.75) is 46.1 Å². The third-order valence-corrected chi connectivity index (χ3v) is 3.42. The number of amides is 2. The molecule has 0 aliphatic heterocycles. The molecular formula is C15H25N3O2. The van der Waals surface area contributed by atoms with E-state index in [0.717, 1.165) is 25.0 Å². The van der Waals surface area contributed by atoms with Crippen LogP contribution in [-0.2, 0) is 9.59 Å². The lowest BCUT2D eigenvalue weighted by Crippen LogP contribution is -2.47. The molecule has 4 N–H and O–H groups in total. The van der Waals surface area contributed by atoms with E-state index in [-0.39, 0.29) is 24.3 Å². The van der Waals surface area contributed by atoms with Gasteiger partial charge in [0.05, 0.1) is 12.6 Å². The van der Waals surface area contributed by atoms with Gasteiger partial charge in [0.15, 0.2) is 0 Å². The van der Waals surface area contributed by atoms with Gasteiger partial charge in [-0.05, 0) is 36.8 Å². The molecule has 1 aliphatic rings. The summed E-state index contributed by atoms with van der Waals surface area (Å²) in [6, 6.07) is -0.581. The minimum atomic E-state index is -0.581. The van der Waals surface area contributed by atoms with Crippen molar-refractivity contribution in [1.29, 1.82) is 0 Å². The average molecular weight is 279 g/mol. The highest BCUT2D eigenvalue weighted by molar-refractivity contribution is 5.88. The van der Waals surface area contributed by atoms with Crippen molar-refractivity contribution in [1.82, 2.24) is 10.6 Å². The number of allylic oxidation sites excluding steroid dienone is 3. The molecule has 5 heteroatoms. The smallest absolute Gasteiger partial charge is 0.243 e. The number of carbonyl (C=O) groups is 2. The molecule has 0 aromatic heterocycles. The summed E-state index contributed by atoms with van der Waals surface area (Å²) in [5.74, 6) is -0.463. The first-order valence-electron chi connectivity index (χ1n) is 7.17. The Hall–Kier alpha value is -1.62. The normalized spacial score (nSPS) is 16.2. The van der Waals surface area contributed by atoms with E-state index in [1.165, 1.54) is 5.57 Å². The van der Waals surface area contributed by atoms with Crippen molar-refractivity contribution in [2.75, 3.05) is 6.54 Å². The molecule has 0 saturated carbocycles. The zero-order chi connectivity index (χ0) is 15.1. The van der Waals surface area contributed by atoms with Crippen molar-refractivity contribution < 1.29 is 9.59 Å². The highest BCUT2D eigenvalue weighted by atomic mass is 16.2. The first-order chi connectivity index (χ1) is 9.45. The van der Waals surface area contributed by atoms with E-state index in [2.05, 4.69) is 17.6 Å². The van der Waals surface area contributed by atoms with Gasteiger partial charge in [-0.25, -0.2) is 0 Å². The summed E-state index contributed by atoms with van der Waals surface area (Å²) < 4.78 is 0. The molecule has 112 valence electrons. The molecular weight excluding hydrogens is 254 g/mol. The van der Waals surface area contributed by atoms with Gasteiger partial charge >= 0.3 is 0 Å². The Morgan fingerprint density at radius 1 is 1.40 bits per heavy atom. The first kappa shape index (κ1) is 16.4. The maximum Gasteiger partial charge on any atom is 0.243 e. The van der Waals surface area contributed by atoms with Crippen molar-refractivity contribution in [3.8, 4) is 0 Å². The third kappa shape index (κ3) is 4.81. The van der Waals surface area contributed by atoms with E-state index >= 15 is 0 Å². The molecule has 1 rings (SSSR count). The molecule has 5 nitrogen and oxygen atoms in total. The fraction of sp³-hybridized carbons (Fsp3) is 0.600. The number of nitrogens with two attached hydrogens (primary N) is 1. The summed E-state index contributed by atoms with van der Waals surface area (Å²) in [6.45, 7) is 5.77. The Kier molecular flexibility index (Phi) is 6.45. The van der Waals surface area contributed by atoms with Crippen LogP contribution in [0.25, 0.3) is 0 Å². The number of hydrogen-bond donors (Lipinski definition) is 3. The van der Waals surface area contributed by atoms with Crippen molar-refractivity contribution in [2.24, 2.45) is 11.7 Å². The van der Waals surface area contributed by atoms with Crippen molar-refractivity contribution in [3.05, 3.63) is 23.4 Å². The van der Waals surface area contributed by atoms with Crippen LogP contribution in [0.15, 0.2) is 23.4 Å². The summed E-state index contributed by atoms with van der Waals surface area (Å²) in [7, 11) is 0. The minimum Gasteiger partial charge on any atom is -0.346 e. The Morgan fingerprint density at radius 2 is 2.10 bits per heavy atom. The van der Waals surface area contributed by atoms with E-state index in [0.29, 0.717) is 0 Å². The van der Waals surface area contributed by atoms with Gasteiger partial charge in [-0.3, -0.25) is 9.59 Å². The molecule has 0 saturated heterocycles. The van der Waals surface area contributed by atoms with E-state index in [1.807, 2.05) is 26.0 Å². The maximum atomic E-state index is 11.8. The predicted molar refractivity (Wildman–Crippen MR) is 79.7 cm³/mol. The molecule has 1 aliphatic carbocycles. The topological polar surface area (TPSA) is 84.2 Å². The predicted octanol–water partition coefficient (Wildman–Crippen LogP) is 1.22. The zero-order valence-corrected chi connectivity index (χ0v) is 12.5. The molecule has 0 aromatic carbocycles. The highest BCUT2D eigenvalue weighted by Crippen LogP contribution is 2.19. The number of nitrogens with one attached hydrogen (secondary N) is 2. The van der Waals surface area contributed by atoms with Crippen LogP contribution in [0.2, 0.25) is 0 Å². The Bertz CT molecular complexity index is 425. The molecule has 0 aromatic rings. The van der Waals surface area contributed by atoms with Gasteiger partial charge in [0.2, 0.25) is 11.8 Å². The molecule has 0 fully saturated rings. The molecule has 1 atom stereocenters. The van der Waals surface area contributed by atoms with Crippen LogP contribution in [0.4, 0.5) is 0 Å². The van der Waals surface area contributed by atoms with Crippen LogP contribution in [0.5, 0.6) is 0 Å². The molecule has 20 heavy (non-hydrogen) atoms. The lowest BCUT2D eigenvalue weighted by Gasteiger charge is -2.17. The Morgan fingerprint density at radius 3 is 2.70 bits per heavy atom. The van der Waals surface area contributed by atoms with Crippen molar-refractivity contribution >= 4 is 11.8 Å². The van der Waals surface area contributed by atoms with E-state index in [1.54, 1.807) is 0 Å². The standard InChI is InChI=1S/C15H25N3O2/c1-4-11-7-5-6-8-12(11)18-13(19)9-17-15(20)14(16)10(2)3/h6,8,10,14H,4-5,7,9,16H2,1-3H3,(H,17,20)(H,18,19). The van der Waals surface area contributed by atoms with Gasteiger partial charge < -0.3 is 16.4 Å². The average Bonchev–Trinajstić information content (AvgIpc) is 2.44. The zero-order valence-electron chi connectivity index (χ0n) is 12.5. The molecule has 0 bridgehead atoms. The van der Waals surface area contributed by atoms with Gasteiger partial charge in [-0.1, -0.05) is 26.8 Å². The Balaban J connectivity index is 2.46. The molecule has 0 radical (unpaired) electrons. The quantitative estimate of drug-likeness (QED) is 0.683. The van der Waals surface area contributed by atoms with Crippen LogP contribution < -0.4 is 16.4 Å². The lowest BCUT2D eigenvalue weighted by molar-refractivity contribution is -0.127. The summed E-state index contributed by atoms with van der Waals surface area (Å²) in [5, 5.41) is 5.41. The number of hydrogen-bond acceptors (Lipinski definition) is 3. The van der Waals surface area contributed by atoms with Crippen LogP contribution >= 0.6 is 0 Å². The van der Waals surface area contributed by atoms with Gasteiger partial charge in [-0.15, -0.1) is 0 Å². The number of carbonyl (C=O) groups excluding carboxylic acids is 2. The van der Waals surface area contributed by atoms with Gasteiger partial charge in [-0.2, -0.15) is 0 Å². The van der Waals surface area contributed by atoms with Crippen LogP contribution in [0.1, 0.15) is 40.0 Å². The third-order valence-electron chi connectivity index (χ3n) is 3.42. The van der Waals surface area contributed by atoms with E-state index in [4.69, 9.17) is 5.73 Å². The summed E-state index contributed by atoms with van der Waals surface area (Å²) >= 11 is 0. The summed E-state index contributed by atoms with van der Waals surface area (Å²) in [6.07, 6.45) is 6.89. The van der Waals surface area contributed by atoms with Crippen LogP contribution in [0, 0.1) is 5.92 Å². The fourth-order valence-corrected chi connectivity index (χ4v) is 1.99. The second-order valence-corrected chi connectivity index (χ2v) is 5.35. The molecule has 1 unspecified atom stereocenters. The summed E-state index contributed by atoms with van der Waals surface area (Å²) in [5.41, 5.74) is 7.82. The van der Waals surface area contributed by atoms with Gasteiger partial charge in [0, 0.05) is 5.70 Å². The van der Waals surface area contributed by atoms with E-state index in [9.17, 15) is 9.59 Å². The van der Waals surface area contributed by atoms with Crippen molar-refractivity contribution in [3.63, 3.8) is 0 Å². The van der Waals surface area contributed by atoms with Crippen LogP contribution in [0.3, 0.4) is 0 Å². The van der Waals surface area contributed by atoms with Gasteiger partial charge in [0.25, 0.3) is 0 Å². The first-order valence-corrected chi connectivity index (χ1v) is 7.17. The van der Waals surface area contributed by atoms with E-state index < -0.39 is 6.04 Å². The van der Waals surface area contributed by atoms with Crippen LogP contribution in [-0.4, -0.2) is 24.4 Å². The monoisotopic (exact) mass is 279 g/mol. The minimum absolute atomic E-state index is 0.0480. The second kappa shape index (κ2) is 7.85. The molecule has 0 spiro atoms. The largest absolute Gasteiger partial charge is 0.346 e. The van der Waals surface area contributed by atoms with Gasteiger partial charge in [0.1, 0.15) is 0 Å². The fourth-order valence-electron chi connectivity index (χ4n) is 1.99.